The van der Waals surface area contributed by atoms with Gasteiger partial charge in [0, 0.05) is 5.88 Å². The lowest BCUT2D eigenvalue weighted by atomic mass is 10.0. The predicted molar refractivity (Wildman–Crippen MR) is 59.6 cm³/mol. The maximum absolute atomic E-state index is 12.4. The molecule has 0 bridgehead atoms. The van der Waals surface area contributed by atoms with Gasteiger partial charge in [0.1, 0.15) is 0 Å². The third-order valence-corrected chi connectivity index (χ3v) is 2.97. The molecule has 1 aromatic carbocycles. The number of benzene rings is 1. The lowest BCUT2D eigenvalue weighted by Crippen LogP contribution is -2.06. The number of hydrogen-bond acceptors (Lipinski definition) is 0. The van der Waals surface area contributed by atoms with Crippen molar-refractivity contribution in [3.05, 3.63) is 35.4 Å². The Kier molecular flexibility index (Phi) is 4.66. The number of rotatable bonds is 4. The van der Waals surface area contributed by atoms with E-state index in [4.69, 9.17) is 11.6 Å². The number of hydrogen-bond donors (Lipinski definition) is 0. The molecule has 16 heavy (non-hydrogen) atoms. The minimum atomic E-state index is -4.26. The Bertz CT molecular complexity index is 333. The van der Waals surface area contributed by atoms with Gasteiger partial charge >= 0.3 is 6.18 Å². The summed E-state index contributed by atoms with van der Waals surface area (Å²) < 4.78 is 37.2. The molecular formula is C12H14ClF3. The first-order valence-corrected chi connectivity index (χ1v) is 5.69. The van der Waals surface area contributed by atoms with E-state index < -0.39 is 11.7 Å². The molecule has 0 heterocycles. The molecule has 0 saturated carbocycles. The topological polar surface area (TPSA) is 0 Å². The summed E-state index contributed by atoms with van der Waals surface area (Å²) in [6, 6.07) is 5.47. The van der Waals surface area contributed by atoms with Crippen molar-refractivity contribution < 1.29 is 13.2 Å². The highest BCUT2D eigenvalue weighted by Crippen LogP contribution is 2.29. The summed E-state index contributed by atoms with van der Waals surface area (Å²) in [5, 5.41) is 0. The van der Waals surface area contributed by atoms with E-state index in [1.54, 1.807) is 6.07 Å². The molecule has 90 valence electrons. The lowest BCUT2D eigenvalue weighted by Gasteiger charge is -2.10. The van der Waals surface area contributed by atoms with E-state index in [-0.39, 0.29) is 0 Å². The van der Waals surface area contributed by atoms with E-state index in [0.29, 0.717) is 23.8 Å². The molecule has 0 aliphatic heterocycles. The smallest absolute Gasteiger partial charge is 0.166 e. The van der Waals surface area contributed by atoms with Crippen LogP contribution in [0, 0.1) is 5.92 Å². The van der Waals surface area contributed by atoms with Crippen LogP contribution in [0.4, 0.5) is 13.2 Å². The molecule has 0 aliphatic carbocycles. The van der Waals surface area contributed by atoms with Crippen molar-refractivity contribution >= 4 is 11.6 Å². The van der Waals surface area contributed by atoms with Crippen molar-refractivity contribution in [2.45, 2.75) is 25.9 Å². The van der Waals surface area contributed by atoms with Crippen LogP contribution in [0.2, 0.25) is 0 Å². The van der Waals surface area contributed by atoms with Crippen LogP contribution < -0.4 is 0 Å². The Morgan fingerprint density at radius 3 is 2.56 bits per heavy atom. The highest BCUT2D eigenvalue weighted by Gasteiger charge is 2.30. The second kappa shape index (κ2) is 5.58. The van der Waals surface area contributed by atoms with Gasteiger partial charge in [0.25, 0.3) is 0 Å². The summed E-state index contributed by atoms with van der Waals surface area (Å²) in [4.78, 5) is 0. The van der Waals surface area contributed by atoms with E-state index in [1.807, 2.05) is 6.92 Å². The fourth-order valence-corrected chi connectivity index (χ4v) is 1.55. The van der Waals surface area contributed by atoms with Gasteiger partial charge in [-0.1, -0.05) is 25.1 Å². The number of halogens is 4. The molecule has 0 amide bonds. The van der Waals surface area contributed by atoms with Crippen LogP contribution in [-0.2, 0) is 12.6 Å². The van der Waals surface area contributed by atoms with Gasteiger partial charge in [0.2, 0.25) is 0 Å². The second-order valence-corrected chi connectivity index (χ2v) is 4.30. The standard InChI is InChI=1S/C12H14ClF3/c1-9(8-13)5-6-10-3-2-4-11(7-10)12(14,15)16/h2-4,7,9H,5-6,8H2,1H3. The molecule has 0 saturated heterocycles. The molecule has 0 radical (unpaired) electrons. The van der Waals surface area contributed by atoms with Gasteiger partial charge in [-0.15, -0.1) is 11.6 Å². The zero-order chi connectivity index (χ0) is 12.2. The minimum Gasteiger partial charge on any atom is -0.166 e. The maximum atomic E-state index is 12.4. The number of aryl methyl sites for hydroxylation is 1. The zero-order valence-corrected chi connectivity index (χ0v) is 9.78. The summed E-state index contributed by atoms with van der Waals surface area (Å²) in [5.74, 6) is 0.870. The van der Waals surface area contributed by atoms with Crippen molar-refractivity contribution in [3.63, 3.8) is 0 Å². The van der Waals surface area contributed by atoms with Gasteiger partial charge in [0.05, 0.1) is 5.56 Å². The van der Waals surface area contributed by atoms with Crippen LogP contribution in [-0.4, -0.2) is 5.88 Å². The molecule has 0 spiro atoms. The Labute approximate surface area is 98.4 Å². The summed E-state index contributed by atoms with van der Waals surface area (Å²) in [7, 11) is 0. The van der Waals surface area contributed by atoms with Crippen molar-refractivity contribution in [3.8, 4) is 0 Å². The summed E-state index contributed by atoms with van der Waals surface area (Å²) in [6.07, 6.45) is -2.81. The third kappa shape index (κ3) is 4.05. The first kappa shape index (κ1) is 13.4. The SMILES string of the molecule is CC(CCl)CCc1cccc(C(F)(F)F)c1. The molecule has 1 unspecified atom stereocenters. The molecule has 0 N–H and O–H groups in total. The predicted octanol–water partition coefficient (Wildman–Crippen LogP) is 4.51. The van der Waals surface area contributed by atoms with Crippen LogP contribution in [0.3, 0.4) is 0 Å². The van der Waals surface area contributed by atoms with Gasteiger partial charge in [-0.05, 0) is 30.4 Å². The number of alkyl halides is 4. The monoisotopic (exact) mass is 250 g/mol. The van der Waals surface area contributed by atoms with Gasteiger partial charge < -0.3 is 0 Å². The summed E-state index contributed by atoms with van der Waals surface area (Å²) in [5.41, 5.74) is 0.135. The molecule has 0 aliphatic rings. The van der Waals surface area contributed by atoms with E-state index in [1.165, 1.54) is 12.1 Å². The molecular weight excluding hydrogens is 237 g/mol. The van der Waals surface area contributed by atoms with E-state index in [9.17, 15) is 13.2 Å². The average Bonchev–Trinajstić information content (AvgIpc) is 2.25. The normalized spacial score (nSPS) is 13.8. The molecule has 0 nitrogen and oxygen atoms in total. The molecule has 1 atom stereocenters. The molecule has 1 rings (SSSR count). The van der Waals surface area contributed by atoms with Gasteiger partial charge in [0.15, 0.2) is 0 Å². The summed E-state index contributed by atoms with van der Waals surface area (Å²) >= 11 is 5.64. The van der Waals surface area contributed by atoms with Gasteiger partial charge in [-0.2, -0.15) is 13.2 Å². The highest BCUT2D eigenvalue weighted by molar-refractivity contribution is 6.18. The van der Waals surface area contributed by atoms with Crippen LogP contribution >= 0.6 is 11.6 Å². The summed E-state index contributed by atoms with van der Waals surface area (Å²) in [6.45, 7) is 1.99. The van der Waals surface area contributed by atoms with E-state index in [0.717, 1.165) is 12.5 Å². The van der Waals surface area contributed by atoms with Crippen molar-refractivity contribution in [2.75, 3.05) is 5.88 Å². The maximum Gasteiger partial charge on any atom is 0.416 e. The van der Waals surface area contributed by atoms with E-state index in [2.05, 4.69) is 0 Å². The van der Waals surface area contributed by atoms with Crippen molar-refractivity contribution in [1.29, 1.82) is 0 Å². The Hall–Kier alpha value is -0.700. The Morgan fingerprint density at radius 1 is 1.31 bits per heavy atom. The fourth-order valence-electron chi connectivity index (χ4n) is 1.39. The first-order chi connectivity index (χ1) is 7.43. The molecule has 4 heteroatoms. The van der Waals surface area contributed by atoms with Crippen molar-refractivity contribution in [2.24, 2.45) is 5.92 Å². The lowest BCUT2D eigenvalue weighted by molar-refractivity contribution is -0.137. The van der Waals surface area contributed by atoms with Gasteiger partial charge in [-0.3, -0.25) is 0 Å². The fraction of sp³-hybridized carbons (Fsp3) is 0.500. The molecule has 0 aromatic heterocycles. The average molecular weight is 251 g/mol. The Balaban J connectivity index is 2.68. The quantitative estimate of drug-likeness (QED) is 0.690. The largest absolute Gasteiger partial charge is 0.416 e. The van der Waals surface area contributed by atoms with Crippen LogP contribution in [0.1, 0.15) is 24.5 Å². The highest BCUT2D eigenvalue weighted by atomic mass is 35.5. The second-order valence-electron chi connectivity index (χ2n) is 4.00. The first-order valence-electron chi connectivity index (χ1n) is 5.15. The van der Waals surface area contributed by atoms with Gasteiger partial charge in [-0.25, -0.2) is 0 Å². The molecule has 0 fully saturated rings. The van der Waals surface area contributed by atoms with Crippen LogP contribution in [0.25, 0.3) is 0 Å². The minimum absolute atomic E-state index is 0.330. The third-order valence-electron chi connectivity index (χ3n) is 2.44. The van der Waals surface area contributed by atoms with E-state index >= 15 is 0 Å². The Morgan fingerprint density at radius 2 is 2.00 bits per heavy atom. The van der Waals surface area contributed by atoms with Crippen molar-refractivity contribution in [1.82, 2.24) is 0 Å². The molecule has 1 aromatic rings. The van der Waals surface area contributed by atoms with Crippen LogP contribution in [0.5, 0.6) is 0 Å². The zero-order valence-electron chi connectivity index (χ0n) is 9.02. The van der Waals surface area contributed by atoms with Crippen LogP contribution in [0.15, 0.2) is 24.3 Å².